The summed E-state index contributed by atoms with van der Waals surface area (Å²) >= 11 is 0. The van der Waals surface area contributed by atoms with Gasteiger partial charge in [0, 0.05) is 11.5 Å². The lowest BCUT2D eigenvalue weighted by Crippen LogP contribution is -2.40. The van der Waals surface area contributed by atoms with Crippen LogP contribution in [0.2, 0.25) is 0 Å². The van der Waals surface area contributed by atoms with Crippen LogP contribution in [0.25, 0.3) is 11.2 Å². The van der Waals surface area contributed by atoms with E-state index in [0.29, 0.717) is 10.3 Å². The monoisotopic (exact) mass is 250 g/mol. The van der Waals surface area contributed by atoms with Gasteiger partial charge >= 0.3 is 17.1 Å². The van der Waals surface area contributed by atoms with Gasteiger partial charge in [0.2, 0.25) is 5.65 Å². The van der Waals surface area contributed by atoms with Crippen LogP contribution < -0.4 is 15.7 Å². The molecule has 94 valence electrons. The molecule has 8 heteroatoms. The molecule has 0 aromatic carbocycles. The third-order valence-electron chi connectivity index (χ3n) is 3.19. The normalized spacial score (nSPS) is 15.2. The molecular weight excluding hydrogens is 238 g/mol. The van der Waals surface area contributed by atoms with Crippen molar-refractivity contribution >= 4 is 11.2 Å². The zero-order valence-electron chi connectivity index (χ0n) is 10.0. The van der Waals surface area contributed by atoms with Gasteiger partial charge in [-0.15, -0.1) is 0 Å². The molecule has 0 saturated heterocycles. The smallest absolute Gasteiger partial charge is 0.287 e. The van der Waals surface area contributed by atoms with Crippen molar-refractivity contribution in [2.75, 3.05) is 0 Å². The second kappa shape index (κ2) is 3.37. The van der Waals surface area contributed by atoms with E-state index in [4.69, 9.17) is 0 Å². The molecule has 0 spiro atoms. The molecular formula is C10H12N5O3+. The van der Waals surface area contributed by atoms with Crippen LogP contribution in [0.1, 0.15) is 24.6 Å². The maximum Gasteiger partial charge on any atom is 0.371 e. The number of fused-ring (bicyclic) bond motifs is 1. The maximum atomic E-state index is 12.2. The topological polar surface area (TPSA) is 95.7 Å². The van der Waals surface area contributed by atoms with Crippen LogP contribution in [0.3, 0.4) is 0 Å². The molecule has 0 bridgehead atoms. The van der Waals surface area contributed by atoms with E-state index >= 15 is 0 Å². The first kappa shape index (κ1) is 10.9. The lowest BCUT2D eigenvalue weighted by atomic mass is 10.4. The molecule has 3 rings (SSSR count). The number of nitrogens with one attached hydrogen (secondary N) is 1. The largest absolute Gasteiger partial charge is 0.371 e. The molecule has 18 heavy (non-hydrogen) atoms. The summed E-state index contributed by atoms with van der Waals surface area (Å²) in [6.45, 7) is 0. The minimum absolute atomic E-state index is 0.0727. The molecule has 0 unspecified atom stereocenters. The van der Waals surface area contributed by atoms with E-state index in [-0.39, 0.29) is 17.1 Å². The van der Waals surface area contributed by atoms with Gasteiger partial charge in [0.25, 0.3) is 5.52 Å². The van der Waals surface area contributed by atoms with Gasteiger partial charge in [-0.1, -0.05) is 4.91 Å². The molecule has 0 aliphatic heterocycles. The summed E-state index contributed by atoms with van der Waals surface area (Å²) in [5.74, 6) is 0.462. The number of nitrogens with zero attached hydrogens (tertiary/aromatic N) is 4. The minimum Gasteiger partial charge on any atom is -0.287 e. The Kier molecular flexibility index (Phi) is 2.04. The molecule has 1 aliphatic rings. The molecule has 0 radical (unpaired) electrons. The van der Waals surface area contributed by atoms with Crippen LogP contribution in [-0.4, -0.2) is 19.3 Å². The van der Waals surface area contributed by atoms with Crippen LogP contribution in [0.15, 0.2) is 9.59 Å². The first-order chi connectivity index (χ1) is 8.50. The summed E-state index contributed by atoms with van der Waals surface area (Å²) in [4.78, 5) is 38.1. The van der Waals surface area contributed by atoms with E-state index in [1.54, 1.807) is 7.05 Å². The second-order valence-corrected chi connectivity index (χ2v) is 4.54. The maximum absolute atomic E-state index is 12.2. The number of rotatable bonds is 1. The van der Waals surface area contributed by atoms with Crippen molar-refractivity contribution in [3.8, 4) is 0 Å². The highest BCUT2D eigenvalue weighted by Gasteiger charge is 2.37. The summed E-state index contributed by atoms with van der Waals surface area (Å²) in [5.41, 5.74) is -1.10. The van der Waals surface area contributed by atoms with Crippen molar-refractivity contribution in [1.82, 2.24) is 19.3 Å². The van der Waals surface area contributed by atoms with Crippen molar-refractivity contribution in [2.45, 2.75) is 18.8 Å². The molecule has 1 saturated carbocycles. The highest BCUT2D eigenvalue weighted by molar-refractivity contribution is 5.63. The van der Waals surface area contributed by atoms with Crippen molar-refractivity contribution in [1.29, 1.82) is 0 Å². The number of hydrogen-bond donors (Lipinski definition) is 1. The third kappa shape index (κ3) is 1.35. The number of hydrogen-bond acceptors (Lipinski definition) is 4. The summed E-state index contributed by atoms with van der Waals surface area (Å²) < 4.78 is 2.80. The molecule has 2 aromatic rings. The zero-order valence-corrected chi connectivity index (χ0v) is 10.0. The van der Waals surface area contributed by atoms with Gasteiger partial charge in [0.15, 0.2) is 0 Å². The fourth-order valence-electron chi connectivity index (χ4n) is 1.96. The van der Waals surface area contributed by atoms with Crippen LogP contribution in [-0.2, 0) is 14.1 Å². The number of aromatic amines is 1. The Balaban J connectivity index is 2.57. The molecule has 8 nitrogen and oxygen atoms in total. The molecule has 1 aliphatic carbocycles. The lowest BCUT2D eigenvalue weighted by molar-refractivity contribution is -0.481. The summed E-state index contributed by atoms with van der Waals surface area (Å²) in [6.07, 6.45) is 1.81. The van der Waals surface area contributed by atoms with Gasteiger partial charge < -0.3 is 0 Å². The lowest BCUT2D eigenvalue weighted by Gasteiger charge is -2.00. The Hall–Kier alpha value is -2.25. The van der Waals surface area contributed by atoms with Gasteiger partial charge in [0.1, 0.15) is 0 Å². The van der Waals surface area contributed by atoms with Crippen LogP contribution >= 0.6 is 0 Å². The Morgan fingerprint density at radius 3 is 2.61 bits per heavy atom. The summed E-state index contributed by atoms with van der Waals surface area (Å²) in [5, 5.41) is 4.12. The fourth-order valence-corrected chi connectivity index (χ4v) is 1.96. The first-order valence-electron chi connectivity index (χ1n) is 5.63. The molecule has 2 heterocycles. The van der Waals surface area contributed by atoms with Gasteiger partial charge in [-0.25, -0.2) is 4.79 Å². The fraction of sp³-hybridized carbons (Fsp3) is 0.500. The van der Waals surface area contributed by atoms with Crippen molar-refractivity contribution < 1.29 is 4.43 Å². The summed E-state index contributed by atoms with van der Waals surface area (Å²) in [6, 6.07) is 0. The second-order valence-electron chi connectivity index (χ2n) is 4.54. The molecule has 0 amide bonds. The number of H-pyrrole nitrogens is 1. The first-order valence-corrected chi connectivity index (χ1v) is 5.63. The Labute approximate surface area is 100 Å². The molecule has 1 N–H and O–H groups in total. The van der Waals surface area contributed by atoms with Crippen molar-refractivity contribution in [2.24, 2.45) is 14.1 Å². The average molecular weight is 250 g/mol. The van der Waals surface area contributed by atoms with E-state index in [9.17, 15) is 14.5 Å². The van der Waals surface area contributed by atoms with E-state index in [1.807, 2.05) is 0 Å². The van der Waals surface area contributed by atoms with Gasteiger partial charge in [-0.2, -0.15) is 4.68 Å². The predicted octanol–water partition coefficient (Wildman–Crippen LogP) is -1.25. The van der Waals surface area contributed by atoms with Gasteiger partial charge in [0.05, 0.1) is 18.1 Å². The highest BCUT2D eigenvalue weighted by Crippen LogP contribution is 2.36. The summed E-state index contributed by atoms with van der Waals surface area (Å²) in [7, 11) is 2.93. The van der Waals surface area contributed by atoms with Crippen LogP contribution in [0.4, 0.5) is 0 Å². The van der Waals surface area contributed by atoms with Crippen molar-refractivity contribution in [3.05, 3.63) is 31.6 Å². The Bertz CT molecular complexity index is 824. The third-order valence-corrected chi connectivity index (χ3v) is 3.19. The van der Waals surface area contributed by atoms with Crippen LogP contribution in [0, 0.1) is 4.91 Å². The Morgan fingerprint density at radius 2 is 2.00 bits per heavy atom. The van der Waals surface area contributed by atoms with E-state index in [2.05, 4.69) is 10.1 Å². The highest BCUT2D eigenvalue weighted by atomic mass is 16.3. The number of aryl methyl sites for hydroxylation is 1. The van der Waals surface area contributed by atoms with Crippen LogP contribution in [0.5, 0.6) is 0 Å². The standard InChI is InChI=1S/C10H11N5O3/c1-13-9(16)6-8(11-10(13)17)14(2)12-7(15(6)18)5-3-4-5/h5H,3-4H2,1-2H3/p+1. The van der Waals surface area contributed by atoms with Crippen molar-refractivity contribution in [3.63, 3.8) is 0 Å². The Morgan fingerprint density at radius 1 is 1.33 bits per heavy atom. The SMILES string of the molecule is Cn1c(=O)[nH]c2c(c1=O)[n+](=O)c(C1CC1)nn2C. The quantitative estimate of drug-likeness (QED) is 0.640. The van der Waals surface area contributed by atoms with E-state index < -0.39 is 11.2 Å². The number of aromatic nitrogens is 5. The van der Waals surface area contributed by atoms with Gasteiger partial charge in [-0.05, 0) is 12.8 Å². The van der Waals surface area contributed by atoms with E-state index in [1.165, 1.54) is 11.7 Å². The average Bonchev–Trinajstić information content (AvgIpc) is 3.14. The minimum atomic E-state index is -0.608. The van der Waals surface area contributed by atoms with Gasteiger partial charge in [-0.3, -0.25) is 14.3 Å². The molecule has 2 aromatic heterocycles. The molecule has 0 atom stereocenters. The van der Waals surface area contributed by atoms with E-state index in [0.717, 1.165) is 17.4 Å². The zero-order chi connectivity index (χ0) is 13.0. The predicted molar refractivity (Wildman–Crippen MR) is 61.9 cm³/mol. The molecule has 1 fully saturated rings.